The van der Waals surface area contributed by atoms with Crippen molar-refractivity contribution in [1.29, 1.82) is 0 Å². The van der Waals surface area contributed by atoms with E-state index in [1.165, 1.54) is 11.8 Å². The molecular formula is C21H21NO4S2. The summed E-state index contributed by atoms with van der Waals surface area (Å²) in [7, 11) is 1.61. The van der Waals surface area contributed by atoms with Crippen LogP contribution in [0.25, 0.3) is 16.8 Å². The van der Waals surface area contributed by atoms with Crippen LogP contribution in [0, 0.1) is 0 Å². The fraction of sp³-hybridized carbons (Fsp3) is 0.286. The number of carbonyl (C=O) groups is 2. The van der Waals surface area contributed by atoms with E-state index in [0.717, 1.165) is 16.3 Å². The van der Waals surface area contributed by atoms with Gasteiger partial charge in [0.25, 0.3) is 5.91 Å². The topological polar surface area (TPSA) is 55.8 Å². The lowest BCUT2D eigenvalue weighted by molar-refractivity contribution is -0.143. The second-order valence-electron chi connectivity index (χ2n) is 6.14. The SMILES string of the molecule is CCOC(=O)CCCN1C(=O)/C(=C/c2c(OC)ccc3ccccc23)SC1=S. The first-order chi connectivity index (χ1) is 13.5. The van der Waals surface area contributed by atoms with Gasteiger partial charge in [-0.15, -0.1) is 0 Å². The van der Waals surface area contributed by atoms with Gasteiger partial charge >= 0.3 is 5.97 Å². The minimum atomic E-state index is -0.260. The molecule has 0 saturated carbocycles. The molecule has 2 aromatic carbocycles. The summed E-state index contributed by atoms with van der Waals surface area (Å²) >= 11 is 6.65. The number of carbonyl (C=O) groups excluding carboxylic acids is 2. The van der Waals surface area contributed by atoms with Gasteiger partial charge in [-0.05, 0) is 36.3 Å². The summed E-state index contributed by atoms with van der Waals surface area (Å²) in [5, 5.41) is 2.08. The van der Waals surface area contributed by atoms with Crippen LogP contribution < -0.4 is 4.74 Å². The van der Waals surface area contributed by atoms with Crippen LogP contribution in [0.5, 0.6) is 5.75 Å². The Bertz CT molecular complexity index is 955. The Morgan fingerprint density at radius 3 is 2.79 bits per heavy atom. The van der Waals surface area contributed by atoms with Crippen LogP contribution in [0.15, 0.2) is 41.3 Å². The number of thioether (sulfide) groups is 1. The van der Waals surface area contributed by atoms with Gasteiger partial charge in [0.2, 0.25) is 0 Å². The summed E-state index contributed by atoms with van der Waals surface area (Å²) in [5.74, 6) is 0.295. The molecule has 0 radical (unpaired) electrons. The van der Waals surface area contributed by atoms with Crippen LogP contribution in [0.4, 0.5) is 0 Å². The lowest BCUT2D eigenvalue weighted by Crippen LogP contribution is -2.29. The largest absolute Gasteiger partial charge is 0.496 e. The van der Waals surface area contributed by atoms with Crippen molar-refractivity contribution in [2.75, 3.05) is 20.3 Å². The predicted octanol–water partition coefficient (Wildman–Crippen LogP) is 4.39. The Morgan fingerprint density at radius 2 is 2.04 bits per heavy atom. The highest BCUT2D eigenvalue weighted by Crippen LogP contribution is 2.37. The number of nitrogens with zero attached hydrogens (tertiary/aromatic N) is 1. The molecule has 5 nitrogen and oxygen atoms in total. The molecule has 3 rings (SSSR count). The Kier molecular flexibility index (Phi) is 6.70. The summed E-state index contributed by atoms with van der Waals surface area (Å²) in [6, 6.07) is 11.8. The molecular weight excluding hydrogens is 394 g/mol. The zero-order chi connectivity index (χ0) is 20.1. The predicted molar refractivity (Wildman–Crippen MR) is 116 cm³/mol. The molecule has 1 amide bonds. The van der Waals surface area contributed by atoms with E-state index >= 15 is 0 Å². The monoisotopic (exact) mass is 415 g/mol. The minimum absolute atomic E-state index is 0.145. The molecule has 0 aromatic heterocycles. The second kappa shape index (κ2) is 9.21. The van der Waals surface area contributed by atoms with Crippen molar-refractivity contribution < 1.29 is 19.1 Å². The van der Waals surface area contributed by atoms with E-state index in [-0.39, 0.29) is 18.3 Å². The molecule has 1 saturated heterocycles. The molecule has 146 valence electrons. The van der Waals surface area contributed by atoms with Crippen LogP contribution in [-0.2, 0) is 14.3 Å². The molecule has 2 aromatic rings. The van der Waals surface area contributed by atoms with Gasteiger partial charge in [0.1, 0.15) is 10.1 Å². The zero-order valence-corrected chi connectivity index (χ0v) is 17.4. The van der Waals surface area contributed by atoms with E-state index in [0.29, 0.717) is 34.5 Å². The van der Waals surface area contributed by atoms with Crippen molar-refractivity contribution >= 4 is 57.0 Å². The van der Waals surface area contributed by atoms with E-state index in [1.54, 1.807) is 18.9 Å². The molecule has 1 fully saturated rings. The summed E-state index contributed by atoms with van der Waals surface area (Å²) in [6.45, 7) is 2.52. The Hall–Kier alpha value is -2.38. The minimum Gasteiger partial charge on any atom is -0.496 e. The highest BCUT2D eigenvalue weighted by Gasteiger charge is 2.32. The third-order valence-corrected chi connectivity index (χ3v) is 5.75. The van der Waals surface area contributed by atoms with Crippen molar-refractivity contribution in [2.24, 2.45) is 0 Å². The van der Waals surface area contributed by atoms with Crippen molar-refractivity contribution in [3.63, 3.8) is 0 Å². The second-order valence-corrected chi connectivity index (χ2v) is 7.82. The Morgan fingerprint density at radius 1 is 1.25 bits per heavy atom. The summed E-state index contributed by atoms with van der Waals surface area (Å²) < 4.78 is 10.9. The van der Waals surface area contributed by atoms with Gasteiger partial charge in [-0.1, -0.05) is 54.3 Å². The van der Waals surface area contributed by atoms with E-state index in [2.05, 4.69) is 0 Å². The van der Waals surface area contributed by atoms with Crippen LogP contribution in [0.1, 0.15) is 25.3 Å². The number of fused-ring (bicyclic) bond motifs is 1. The summed E-state index contributed by atoms with van der Waals surface area (Å²) in [6.07, 6.45) is 2.61. The van der Waals surface area contributed by atoms with Crippen LogP contribution in [-0.4, -0.2) is 41.4 Å². The van der Waals surface area contributed by atoms with E-state index < -0.39 is 0 Å². The molecule has 7 heteroatoms. The van der Waals surface area contributed by atoms with Crippen molar-refractivity contribution in [2.45, 2.75) is 19.8 Å². The molecule has 0 atom stereocenters. The highest BCUT2D eigenvalue weighted by atomic mass is 32.2. The summed E-state index contributed by atoms with van der Waals surface area (Å²) in [5.41, 5.74) is 0.854. The van der Waals surface area contributed by atoms with Gasteiger partial charge in [-0.3, -0.25) is 14.5 Å². The molecule has 1 aliphatic rings. The number of hydrogen-bond acceptors (Lipinski definition) is 6. The molecule has 0 bridgehead atoms. The first-order valence-electron chi connectivity index (χ1n) is 9.02. The third-order valence-electron chi connectivity index (χ3n) is 4.37. The zero-order valence-electron chi connectivity index (χ0n) is 15.8. The molecule has 0 aliphatic carbocycles. The van der Waals surface area contributed by atoms with Crippen LogP contribution in [0.2, 0.25) is 0 Å². The first-order valence-corrected chi connectivity index (χ1v) is 10.2. The fourth-order valence-electron chi connectivity index (χ4n) is 3.04. The van der Waals surface area contributed by atoms with Crippen LogP contribution in [0.3, 0.4) is 0 Å². The molecule has 0 unspecified atom stereocenters. The molecule has 1 aliphatic heterocycles. The highest BCUT2D eigenvalue weighted by molar-refractivity contribution is 8.26. The van der Waals surface area contributed by atoms with Gasteiger partial charge in [0.05, 0.1) is 18.6 Å². The Balaban J connectivity index is 1.82. The number of amides is 1. The maximum absolute atomic E-state index is 12.8. The number of ether oxygens (including phenoxy) is 2. The van der Waals surface area contributed by atoms with Gasteiger partial charge in [0.15, 0.2) is 0 Å². The maximum Gasteiger partial charge on any atom is 0.305 e. The number of methoxy groups -OCH3 is 1. The lowest BCUT2D eigenvalue weighted by Gasteiger charge is -2.14. The van der Waals surface area contributed by atoms with Crippen molar-refractivity contribution in [1.82, 2.24) is 4.90 Å². The Labute approximate surface area is 173 Å². The quantitative estimate of drug-likeness (QED) is 0.380. The fourth-order valence-corrected chi connectivity index (χ4v) is 4.33. The lowest BCUT2D eigenvalue weighted by atomic mass is 10.0. The van der Waals surface area contributed by atoms with Gasteiger partial charge < -0.3 is 9.47 Å². The molecule has 0 spiro atoms. The van der Waals surface area contributed by atoms with Gasteiger partial charge in [0, 0.05) is 18.5 Å². The number of hydrogen-bond donors (Lipinski definition) is 0. The third kappa shape index (κ3) is 4.36. The number of rotatable bonds is 7. The molecule has 28 heavy (non-hydrogen) atoms. The van der Waals surface area contributed by atoms with Crippen molar-refractivity contribution in [3.8, 4) is 5.75 Å². The average molecular weight is 416 g/mol. The summed E-state index contributed by atoms with van der Waals surface area (Å²) in [4.78, 5) is 26.4. The van der Waals surface area contributed by atoms with Crippen molar-refractivity contribution in [3.05, 3.63) is 46.9 Å². The maximum atomic E-state index is 12.8. The smallest absolute Gasteiger partial charge is 0.305 e. The molecule has 0 N–H and O–H groups in total. The molecule has 1 heterocycles. The number of thiocarbonyl (C=S) groups is 1. The van der Waals surface area contributed by atoms with E-state index in [1.807, 2.05) is 42.5 Å². The number of benzene rings is 2. The average Bonchev–Trinajstić information content (AvgIpc) is 2.96. The normalized spacial score (nSPS) is 15.5. The first kappa shape index (κ1) is 20.4. The number of esters is 1. The van der Waals surface area contributed by atoms with Gasteiger partial charge in [-0.25, -0.2) is 0 Å². The van der Waals surface area contributed by atoms with E-state index in [9.17, 15) is 9.59 Å². The van der Waals surface area contributed by atoms with Gasteiger partial charge in [-0.2, -0.15) is 0 Å². The van der Waals surface area contributed by atoms with Crippen LogP contribution >= 0.6 is 24.0 Å². The van der Waals surface area contributed by atoms with E-state index in [4.69, 9.17) is 21.7 Å². The standard InChI is InChI=1S/C21H21NO4S2/c1-3-26-19(23)9-6-12-22-20(24)18(28-21(22)27)13-16-15-8-5-4-7-14(15)10-11-17(16)25-2/h4-5,7-8,10-11,13H,3,6,9,12H2,1-2H3/b18-13-.